The van der Waals surface area contributed by atoms with Crippen LogP contribution in [0.4, 0.5) is 0 Å². The molecule has 0 spiro atoms. The number of hydrogen-bond acceptors (Lipinski definition) is 4. The summed E-state index contributed by atoms with van der Waals surface area (Å²) in [7, 11) is 3.08. The zero-order chi connectivity index (χ0) is 17.0. The molecule has 6 heteroatoms. The molecule has 2 aromatic carbocycles. The standard InChI is InChI=1S/C17H20BrNO4/c1-19(22,8-7-12-3-5-14(20)6-4-12)11-13-9-16(21)17(23-2)10-15(13)18/h3-6,9-10,20-21H,7-8,11H2,1-2H3/t19-/m0/s1. The van der Waals surface area contributed by atoms with Gasteiger partial charge in [0.15, 0.2) is 11.5 Å². The van der Waals surface area contributed by atoms with Crippen molar-refractivity contribution in [2.45, 2.75) is 13.0 Å². The van der Waals surface area contributed by atoms with Crippen LogP contribution in [0.1, 0.15) is 11.1 Å². The maximum atomic E-state index is 12.7. The molecular weight excluding hydrogens is 362 g/mol. The highest BCUT2D eigenvalue weighted by Crippen LogP contribution is 2.33. The van der Waals surface area contributed by atoms with E-state index in [0.29, 0.717) is 18.7 Å². The van der Waals surface area contributed by atoms with E-state index in [-0.39, 0.29) is 18.0 Å². The topological polar surface area (TPSA) is 72.8 Å². The normalized spacial score (nSPS) is 13.6. The number of phenolic OH excluding ortho intramolecular Hbond substituents is 2. The molecular formula is C17H20BrNO4. The summed E-state index contributed by atoms with van der Waals surface area (Å²) in [4.78, 5) is 0. The van der Waals surface area contributed by atoms with Crippen LogP contribution < -0.4 is 4.74 Å². The third kappa shape index (κ3) is 4.86. The Balaban J connectivity index is 2.05. The van der Waals surface area contributed by atoms with Crippen LogP contribution in [0.15, 0.2) is 40.9 Å². The predicted octanol–water partition coefficient (Wildman–Crippen LogP) is 3.56. The van der Waals surface area contributed by atoms with Crippen molar-refractivity contribution >= 4 is 15.9 Å². The van der Waals surface area contributed by atoms with Crippen LogP contribution in [0, 0.1) is 5.21 Å². The second-order valence-electron chi connectivity index (χ2n) is 5.71. The Morgan fingerprint density at radius 1 is 1.17 bits per heavy atom. The van der Waals surface area contributed by atoms with Crippen molar-refractivity contribution in [1.82, 2.24) is 0 Å². The number of likely N-dealkylation sites (N-methyl/N-ethyl adjacent to an activating group) is 1. The summed E-state index contributed by atoms with van der Waals surface area (Å²) in [5.74, 6) is 0.597. The molecule has 0 unspecified atom stereocenters. The van der Waals surface area contributed by atoms with Gasteiger partial charge in [0.1, 0.15) is 12.3 Å². The van der Waals surface area contributed by atoms with E-state index in [1.165, 1.54) is 7.11 Å². The number of quaternary nitrogens is 1. The zero-order valence-corrected chi connectivity index (χ0v) is 14.7. The van der Waals surface area contributed by atoms with Crippen LogP contribution in [0.2, 0.25) is 0 Å². The van der Waals surface area contributed by atoms with Gasteiger partial charge in [-0.3, -0.25) is 0 Å². The van der Waals surface area contributed by atoms with Crippen LogP contribution >= 0.6 is 15.9 Å². The Labute approximate surface area is 144 Å². The minimum atomic E-state index is -0.467. The average molecular weight is 382 g/mol. The number of halogens is 1. The second-order valence-corrected chi connectivity index (χ2v) is 6.56. The van der Waals surface area contributed by atoms with Gasteiger partial charge in [-0.2, -0.15) is 0 Å². The number of ether oxygens (including phenoxy) is 1. The van der Waals surface area contributed by atoms with Crippen LogP contribution in [-0.2, 0) is 13.0 Å². The number of rotatable bonds is 6. The molecule has 5 nitrogen and oxygen atoms in total. The highest BCUT2D eigenvalue weighted by molar-refractivity contribution is 9.10. The number of hydroxylamine groups is 3. The van der Waals surface area contributed by atoms with E-state index in [0.717, 1.165) is 15.6 Å². The fraction of sp³-hybridized carbons (Fsp3) is 0.294. The van der Waals surface area contributed by atoms with Crippen molar-refractivity contribution in [2.24, 2.45) is 0 Å². The molecule has 0 saturated carbocycles. The summed E-state index contributed by atoms with van der Waals surface area (Å²) in [6.45, 7) is 0.625. The van der Waals surface area contributed by atoms with Gasteiger partial charge < -0.3 is 24.8 Å². The van der Waals surface area contributed by atoms with Gasteiger partial charge >= 0.3 is 0 Å². The molecule has 2 rings (SSSR count). The molecule has 0 saturated heterocycles. The van der Waals surface area contributed by atoms with Gasteiger partial charge in [-0.1, -0.05) is 28.1 Å². The Bertz CT molecular complexity index is 671. The Hall–Kier alpha value is -1.76. The largest absolute Gasteiger partial charge is 0.633 e. The molecule has 0 amide bonds. The van der Waals surface area contributed by atoms with Crippen LogP contribution in [-0.4, -0.2) is 35.6 Å². The molecule has 2 aromatic rings. The minimum Gasteiger partial charge on any atom is -0.633 e. The van der Waals surface area contributed by atoms with Crippen LogP contribution in [0.3, 0.4) is 0 Å². The van der Waals surface area contributed by atoms with Crippen molar-refractivity contribution in [3.63, 3.8) is 0 Å². The molecule has 124 valence electrons. The van der Waals surface area contributed by atoms with Gasteiger partial charge in [-0.25, -0.2) is 0 Å². The van der Waals surface area contributed by atoms with Gasteiger partial charge in [0.2, 0.25) is 0 Å². The maximum absolute atomic E-state index is 12.7. The maximum Gasteiger partial charge on any atom is 0.161 e. The summed E-state index contributed by atoms with van der Waals surface area (Å²) >= 11 is 3.41. The predicted molar refractivity (Wildman–Crippen MR) is 92.3 cm³/mol. The van der Waals surface area contributed by atoms with Crippen molar-refractivity contribution in [3.8, 4) is 17.2 Å². The van der Waals surface area contributed by atoms with Crippen molar-refractivity contribution < 1.29 is 19.6 Å². The second kappa shape index (κ2) is 7.21. The van der Waals surface area contributed by atoms with Crippen LogP contribution in [0.5, 0.6) is 17.2 Å². The first-order valence-electron chi connectivity index (χ1n) is 7.19. The summed E-state index contributed by atoms with van der Waals surface area (Å²) in [5, 5.41) is 31.8. The molecule has 0 aromatic heterocycles. The van der Waals surface area contributed by atoms with Gasteiger partial charge in [0.05, 0.1) is 20.7 Å². The fourth-order valence-electron chi connectivity index (χ4n) is 2.34. The molecule has 0 aliphatic heterocycles. The van der Waals surface area contributed by atoms with E-state index >= 15 is 0 Å². The third-order valence-electron chi connectivity index (χ3n) is 3.66. The lowest BCUT2D eigenvalue weighted by atomic mass is 10.1. The van der Waals surface area contributed by atoms with Gasteiger partial charge in [-0.15, -0.1) is 0 Å². The molecule has 23 heavy (non-hydrogen) atoms. The van der Waals surface area contributed by atoms with E-state index < -0.39 is 4.65 Å². The van der Waals surface area contributed by atoms with E-state index in [9.17, 15) is 15.4 Å². The lowest BCUT2D eigenvalue weighted by molar-refractivity contribution is -0.874. The lowest BCUT2D eigenvalue weighted by Gasteiger charge is -2.39. The number of phenols is 2. The summed E-state index contributed by atoms with van der Waals surface area (Å²) in [6, 6.07) is 10.1. The van der Waals surface area contributed by atoms with E-state index in [2.05, 4.69) is 15.9 Å². The Morgan fingerprint density at radius 3 is 2.43 bits per heavy atom. The SMILES string of the molecule is COc1cc(Br)c(C[N@@+](C)([O-])CCc2ccc(O)cc2)cc1O. The Morgan fingerprint density at radius 2 is 1.83 bits per heavy atom. The first-order chi connectivity index (χ1) is 10.8. The number of hydrogen-bond donors (Lipinski definition) is 2. The third-order valence-corrected chi connectivity index (χ3v) is 4.40. The molecule has 0 fully saturated rings. The Kier molecular flexibility index (Phi) is 5.51. The number of nitrogens with zero attached hydrogens (tertiary/aromatic N) is 1. The van der Waals surface area contributed by atoms with E-state index in [4.69, 9.17) is 4.74 Å². The quantitative estimate of drug-likeness (QED) is 0.592. The summed E-state index contributed by atoms with van der Waals surface area (Å²) < 4.78 is 5.31. The smallest absolute Gasteiger partial charge is 0.161 e. The fourth-order valence-corrected chi connectivity index (χ4v) is 2.79. The van der Waals surface area contributed by atoms with Crippen LogP contribution in [0.25, 0.3) is 0 Å². The average Bonchev–Trinajstić information content (AvgIpc) is 2.50. The summed E-state index contributed by atoms with van der Waals surface area (Å²) in [5.41, 5.74) is 1.73. The lowest BCUT2D eigenvalue weighted by Crippen LogP contribution is -2.38. The first kappa shape index (κ1) is 17.6. The van der Waals surface area contributed by atoms with Gasteiger partial charge in [0, 0.05) is 16.5 Å². The van der Waals surface area contributed by atoms with Gasteiger partial charge in [0.25, 0.3) is 0 Å². The molecule has 0 bridgehead atoms. The molecule has 1 atom stereocenters. The number of aromatic hydroxyl groups is 2. The summed E-state index contributed by atoms with van der Waals surface area (Å²) in [6.07, 6.45) is 0.611. The van der Waals surface area contributed by atoms with Crippen molar-refractivity contribution in [1.29, 1.82) is 0 Å². The molecule has 0 aliphatic carbocycles. The first-order valence-corrected chi connectivity index (χ1v) is 7.99. The molecule has 0 heterocycles. The van der Waals surface area contributed by atoms with Crippen molar-refractivity contribution in [2.75, 3.05) is 20.7 Å². The highest BCUT2D eigenvalue weighted by Gasteiger charge is 2.16. The monoisotopic (exact) mass is 381 g/mol. The highest BCUT2D eigenvalue weighted by atomic mass is 79.9. The van der Waals surface area contributed by atoms with E-state index in [1.807, 2.05) is 12.1 Å². The number of methoxy groups -OCH3 is 1. The molecule has 2 N–H and O–H groups in total. The zero-order valence-electron chi connectivity index (χ0n) is 13.1. The number of benzene rings is 2. The minimum absolute atomic E-state index is 0.0178. The van der Waals surface area contributed by atoms with Gasteiger partial charge in [-0.05, 0) is 29.8 Å². The van der Waals surface area contributed by atoms with E-state index in [1.54, 1.807) is 31.3 Å². The molecule has 0 radical (unpaired) electrons. The molecule has 0 aliphatic rings. The van der Waals surface area contributed by atoms with Crippen molar-refractivity contribution in [3.05, 3.63) is 57.2 Å².